The highest BCUT2D eigenvalue weighted by atomic mass is 79.9. The van der Waals surface area contributed by atoms with Crippen LogP contribution in [0.1, 0.15) is 12.8 Å². The van der Waals surface area contributed by atoms with Gasteiger partial charge in [-0.2, -0.15) is 0 Å². The van der Waals surface area contributed by atoms with Crippen LogP contribution in [0.2, 0.25) is 0 Å². The van der Waals surface area contributed by atoms with Gasteiger partial charge in [-0.05, 0) is 11.4 Å². The van der Waals surface area contributed by atoms with Crippen molar-refractivity contribution in [1.82, 2.24) is 0 Å². The van der Waals surface area contributed by atoms with Gasteiger partial charge in [-0.15, -0.1) is 0 Å². The van der Waals surface area contributed by atoms with Crippen LogP contribution >= 0.6 is 15.9 Å². The van der Waals surface area contributed by atoms with E-state index in [9.17, 15) is 0 Å². The van der Waals surface area contributed by atoms with Crippen LogP contribution in [0.4, 0.5) is 0 Å². The van der Waals surface area contributed by atoms with Gasteiger partial charge in [0.1, 0.15) is 0 Å². The number of hydrogen-bond donors (Lipinski definition) is 0. The first-order valence-electron chi connectivity index (χ1n) is 3.42. The van der Waals surface area contributed by atoms with Gasteiger partial charge < -0.3 is 9.47 Å². The second kappa shape index (κ2) is 4.88. The van der Waals surface area contributed by atoms with Crippen LogP contribution in [0.15, 0.2) is 11.1 Å². The summed E-state index contributed by atoms with van der Waals surface area (Å²) < 4.78 is 10.6. The molecule has 1 fully saturated rings. The molecule has 0 aromatic carbocycles. The summed E-state index contributed by atoms with van der Waals surface area (Å²) in [6.07, 6.45) is 3.83. The Morgan fingerprint density at radius 1 is 1.40 bits per heavy atom. The second-order valence-electron chi connectivity index (χ2n) is 2.12. The van der Waals surface area contributed by atoms with Crippen molar-refractivity contribution in [3.63, 3.8) is 0 Å². The molecule has 0 aromatic heterocycles. The van der Waals surface area contributed by atoms with Gasteiger partial charge in [0.15, 0.2) is 6.29 Å². The SMILES string of the molecule is BrC=CCC1OCCCO1. The van der Waals surface area contributed by atoms with E-state index in [1.54, 1.807) is 0 Å². The van der Waals surface area contributed by atoms with Crippen LogP contribution < -0.4 is 0 Å². The molecule has 0 aliphatic carbocycles. The monoisotopic (exact) mass is 206 g/mol. The molecule has 0 amide bonds. The van der Waals surface area contributed by atoms with Gasteiger partial charge in [-0.3, -0.25) is 0 Å². The van der Waals surface area contributed by atoms with Crippen molar-refractivity contribution in [1.29, 1.82) is 0 Å². The molecule has 1 saturated heterocycles. The van der Waals surface area contributed by atoms with Gasteiger partial charge in [0.05, 0.1) is 13.2 Å². The number of halogens is 1. The quantitative estimate of drug-likeness (QED) is 0.689. The lowest BCUT2D eigenvalue weighted by Crippen LogP contribution is -2.23. The van der Waals surface area contributed by atoms with E-state index in [-0.39, 0.29) is 6.29 Å². The van der Waals surface area contributed by atoms with E-state index in [1.807, 2.05) is 11.1 Å². The van der Waals surface area contributed by atoms with Gasteiger partial charge in [0, 0.05) is 6.42 Å². The Morgan fingerprint density at radius 3 is 2.70 bits per heavy atom. The second-order valence-corrected chi connectivity index (χ2v) is 2.65. The Bertz CT molecular complexity index is 108. The Hall–Kier alpha value is 0.140. The topological polar surface area (TPSA) is 18.5 Å². The minimum atomic E-state index is -0.0115. The molecular formula is C7H11BrO2. The number of rotatable bonds is 2. The van der Waals surface area contributed by atoms with Crippen molar-refractivity contribution in [3.05, 3.63) is 11.1 Å². The van der Waals surface area contributed by atoms with E-state index < -0.39 is 0 Å². The summed E-state index contributed by atoms with van der Waals surface area (Å²) in [7, 11) is 0. The Balaban J connectivity index is 2.13. The predicted octanol–water partition coefficient (Wildman–Crippen LogP) is 2.05. The van der Waals surface area contributed by atoms with E-state index in [4.69, 9.17) is 9.47 Å². The molecule has 3 heteroatoms. The van der Waals surface area contributed by atoms with Crippen LogP contribution in [0.25, 0.3) is 0 Å². The summed E-state index contributed by atoms with van der Waals surface area (Å²) in [6, 6.07) is 0. The van der Waals surface area contributed by atoms with E-state index in [0.717, 1.165) is 26.1 Å². The highest BCUT2D eigenvalue weighted by Crippen LogP contribution is 2.08. The van der Waals surface area contributed by atoms with Gasteiger partial charge in [-0.25, -0.2) is 0 Å². The van der Waals surface area contributed by atoms with E-state index in [1.165, 1.54) is 0 Å². The van der Waals surface area contributed by atoms with Crippen molar-refractivity contribution in [2.45, 2.75) is 19.1 Å². The normalized spacial score (nSPS) is 22.1. The lowest BCUT2D eigenvalue weighted by Gasteiger charge is -2.21. The third-order valence-electron chi connectivity index (χ3n) is 1.31. The first-order chi connectivity index (χ1) is 4.93. The highest BCUT2D eigenvalue weighted by Gasteiger charge is 2.11. The smallest absolute Gasteiger partial charge is 0.161 e. The molecule has 0 aromatic rings. The minimum absolute atomic E-state index is 0.0115. The predicted molar refractivity (Wildman–Crippen MR) is 43.0 cm³/mol. The van der Waals surface area contributed by atoms with Crippen LogP contribution in [0, 0.1) is 0 Å². The third-order valence-corrected chi connectivity index (χ3v) is 1.69. The zero-order valence-corrected chi connectivity index (χ0v) is 7.34. The van der Waals surface area contributed by atoms with Crippen LogP contribution in [0.5, 0.6) is 0 Å². The first-order valence-corrected chi connectivity index (χ1v) is 4.33. The zero-order chi connectivity index (χ0) is 7.23. The molecule has 2 nitrogen and oxygen atoms in total. The maximum absolute atomic E-state index is 5.29. The molecule has 0 radical (unpaired) electrons. The molecule has 1 aliphatic rings. The van der Waals surface area contributed by atoms with Gasteiger partial charge in [-0.1, -0.05) is 22.0 Å². The first kappa shape index (κ1) is 8.24. The Morgan fingerprint density at radius 2 is 2.10 bits per heavy atom. The molecule has 0 saturated carbocycles. The van der Waals surface area contributed by atoms with E-state index >= 15 is 0 Å². The van der Waals surface area contributed by atoms with Crippen molar-refractivity contribution in [2.24, 2.45) is 0 Å². The molecule has 1 heterocycles. The molecule has 0 atom stereocenters. The van der Waals surface area contributed by atoms with Gasteiger partial charge >= 0.3 is 0 Å². The molecule has 1 rings (SSSR count). The summed E-state index contributed by atoms with van der Waals surface area (Å²) in [6.45, 7) is 1.67. The molecule has 0 N–H and O–H groups in total. The van der Waals surface area contributed by atoms with Crippen molar-refractivity contribution >= 4 is 15.9 Å². The third kappa shape index (κ3) is 2.82. The van der Waals surface area contributed by atoms with Crippen LogP contribution in [-0.4, -0.2) is 19.5 Å². The fourth-order valence-electron chi connectivity index (χ4n) is 0.835. The maximum atomic E-state index is 5.29. The molecule has 10 heavy (non-hydrogen) atoms. The minimum Gasteiger partial charge on any atom is -0.352 e. The molecule has 0 spiro atoms. The number of ether oxygens (including phenoxy) is 2. The number of hydrogen-bond acceptors (Lipinski definition) is 2. The molecule has 1 aliphatic heterocycles. The Kier molecular flexibility index (Phi) is 4.02. The van der Waals surface area contributed by atoms with Crippen molar-refractivity contribution in [2.75, 3.05) is 13.2 Å². The maximum Gasteiger partial charge on any atom is 0.161 e. The average molecular weight is 207 g/mol. The zero-order valence-electron chi connectivity index (χ0n) is 5.75. The van der Waals surface area contributed by atoms with Crippen molar-refractivity contribution < 1.29 is 9.47 Å². The van der Waals surface area contributed by atoms with Crippen molar-refractivity contribution in [3.8, 4) is 0 Å². The molecular weight excluding hydrogens is 196 g/mol. The highest BCUT2D eigenvalue weighted by molar-refractivity contribution is 9.11. The largest absolute Gasteiger partial charge is 0.352 e. The summed E-state index contributed by atoms with van der Waals surface area (Å²) in [5.41, 5.74) is 0. The van der Waals surface area contributed by atoms with E-state index in [0.29, 0.717) is 0 Å². The summed E-state index contributed by atoms with van der Waals surface area (Å²) in [5, 5.41) is 0. The van der Waals surface area contributed by atoms with Gasteiger partial charge in [0.25, 0.3) is 0 Å². The molecule has 0 bridgehead atoms. The lowest BCUT2D eigenvalue weighted by molar-refractivity contribution is -0.175. The van der Waals surface area contributed by atoms with Crippen LogP contribution in [-0.2, 0) is 9.47 Å². The van der Waals surface area contributed by atoms with Crippen LogP contribution in [0.3, 0.4) is 0 Å². The van der Waals surface area contributed by atoms with Gasteiger partial charge in [0.2, 0.25) is 0 Å². The summed E-state index contributed by atoms with van der Waals surface area (Å²) >= 11 is 3.18. The molecule has 0 unspecified atom stereocenters. The fraction of sp³-hybridized carbons (Fsp3) is 0.714. The fourth-order valence-corrected chi connectivity index (χ4v) is 1.05. The summed E-state index contributed by atoms with van der Waals surface area (Å²) in [5.74, 6) is 0. The molecule has 58 valence electrons. The lowest BCUT2D eigenvalue weighted by atomic mass is 10.4. The average Bonchev–Trinajstić information content (AvgIpc) is 2.03. The van der Waals surface area contributed by atoms with E-state index in [2.05, 4.69) is 15.9 Å². The summed E-state index contributed by atoms with van der Waals surface area (Å²) in [4.78, 5) is 1.83. The standard InChI is InChI=1S/C7H11BrO2/c8-4-1-3-7-9-5-2-6-10-7/h1,4,7H,2-3,5-6H2. The Labute approximate surface area is 69.3 Å².